The number of nitrogens with one attached hydrogen (secondary N) is 1. The lowest BCUT2D eigenvalue weighted by Gasteiger charge is -2.21. The minimum Gasteiger partial charge on any atom is -0.411 e. The molecule has 1 aliphatic rings. The van der Waals surface area contributed by atoms with Crippen LogP contribution in [0.4, 0.5) is 5.69 Å². The van der Waals surface area contributed by atoms with Crippen LogP contribution in [0, 0.1) is 0 Å². The Hall–Kier alpha value is -1.89. The van der Waals surface area contributed by atoms with Crippen LogP contribution in [-0.4, -0.2) is 36.2 Å². The number of oxime groups is 1. The quantitative estimate of drug-likeness (QED) is 0.505. The van der Waals surface area contributed by atoms with Crippen LogP contribution in [0.5, 0.6) is 0 Å². The van der Waals surface area contributed by atoms with Gasteiger partial charge in [-0.15, -0.1) is 0 Å². The van der Waals surface area contributed by atoms with Crippen molar-refractivity contribution >= 4 is 27.1 Å². The molecule has 1 unspecified atom stereocenters. The highest BCUT2D eigenvalue weighted by molar-refractivity contribution is 7.92. The largest absolute Gasteiger partial charge is 0.411 e. The molecule has 0 spiro atoms. The van der Waals surface area contributed by atoms with Crippen molar-refractivity contribution in [3.63, 3.8) is 0 Å². The number of benzene rings is 1. The SMILES string of the molecule is C/C(=N/O)c1cccc(NC(=O)C2CCCCS2(=O)=O)c1. The summed E-state index contributed by atoms with van der Waals surface area (Å²) in [6.45, 7) is 1.63. The van der Waals surface area contributed by atoms with Gasteiger partial charge >= 0.3 is 0 Å². The van der Waals surface area contributed by atoms with E-state index in [2.05, 4.69) is 10.5 Å². The second kappa shape index (κ2) is 6.26. The van der Waals surface area contributed by atoms with Crippen LogP contribution in [0.25, 0.3) is 0 Å². The van der Waals surface area contributed by atoms with Crippen molar-refractivity contribution in [2.75, 3.05) is 11.1 Å². The fourth-order valence-electron chi connectivity index (χ4n) is 2.35. The molecule has 1 aromatic rings. The molecule has 21 heavy (non-hydrogen) atoms. The molecule has 7 heteroatoms. The van der Waals surface area contributed by atoms with E-state index >= 15 is 0 Å². The molecule has 2 rings (SSSR count). The maximum Gasteiger partial charge on any atom is 0.242 e. The van der Waals surface area contributed by atoms with Gasteiger partial charge in [-0.3, -0.25) is 4.79 Å². The molecule has 0 aliphatic carbocycles. The Morgan fingerprint density at radius 3 is 2.81 bits per heavy atom. The standard InChI is InChI=1S/C14H18N2O4S/c1-10(16-18)11-5-4-6-12(9-11)15-14(17)13-7-2-3-8-21(13,19)20/h4-6,9,13,18H,2-3,7-8H2,1H3,(H,15,17)/b16-10-. The molecule has 1 saturated heterocycles. The summed E-state index contributed by atoms with van der Waals surface area (Å²) in [5.74, 6) is -0.424. The van der Waals surface area contributed by atoms with Crippen LogP contribution in [0.15, 0.2) is 29.4 Å². The van der Waals surface area contributed by atoms with Crippen molar-refractivity contribution in [3.05, 3.63) is 29.8 Å². The Morgan fingerprint density at radius 1 is 1.38 bits per heavy atom. The van der Waals surface area contributed by atoms with E-state index in [0.29, 0.717) is 29.8 Å². The number of nitrogens with zero attached hydrogens (tertiary/aromatic N) is 1. The van der Waals surface area contributed by atoms with Crippen molar-refractivity contribution < 1.29 is 18.4 Å². The summed E-state index contributed by atoms with van der Waals surface area (Å²) in [7, 11) is -3.35. The Balaban J connectivity index is 2.16. The summed E-state index contributed by atoms with van der Waals surface area (Å²) >= 11 is 0. The van der Waals surface area contributed by atoms with Crippen molar-refractivity contribution in [1.82, 2.24) is 0 Å². The Kier molecular flexibility index (Phi) is 4.62. The van der Waals surface area contributed by atoms with Gasteiger partial charge in [0.1, 0.15) is 5.25 Å². The maximum atomic E-state index is 12.2. The molecule has 1 amide bonds. The molecule has 1 aromatic carbocycles. The lowest BCUT2D eigenvalue weighted by molar-refractivity contribution is -0.116. The summed E-state index contributed by atoms with van der Waals surface area (Å²) in [6.07, 6.45) is 1.73. The highest BCUT2D eigenvalue weighted by Gasteiger charge is 2.34. The van der Waals surface area contributed by atoms with Gasteiger partial charge in [0.15, 0.2) is 9.84 Å². The number of carbonyl (C=O) groups excluding carboxylic acids is 1. The van der Waals surface area contributed by atoms with Gasteiger partial charge in [0, 0.05) is 11.3 Å². The third-order valence-electron chi connectivity index (χ3n) is 3.57. The van der Waals surface area contributed by atoms with E-state index in [1.165, 1.54) is 0 Å². The van der Waals surface area contributed by atoms with E-state index in [0.717, 1.165) is 6.42 Å². The molecule has 1 atom stereocenters. The van der Waals surface area contributed by atoms with Gasteiger partial charge in [-0.2, -0.15) is 0 Å². The first-order valence-corrected chi connectivity index (χ1v) is 8.47. The molecule has 6 nitrogen and oxygen atoms in total. The van der Waals surface area contributed by atoms with Crippen molar-refractivity contribution in [2.24, 2.45) is 5.16 Å². The minimum absolute atomic E-state index is 0.0708. The first-order valence-electron chi connectivity index (χ1n) is 6.75. The van der Waals surface area contributed by atoms with Crippen LogP contribution in [0.2, 0.25) is 0 Å². The van der Waals surface area contributed by atoms with Crippen LogP contribution in [-0.2, 0) is 14.6 Å². The van der Waals surface area contributed by atoms with E-state index in [-0.39, 0.29) is 5.75 Å². The number of carbonyl (C=O) groups is 1. The van der Waals surface area contributed by atoms with E-state index in [1.54, 1.807) is 31.2 Å². The van der Waals surface area contributed by atoms with Crippen molar-refractivity contribution in [1.29, 1.82) is 0 Å². The predicted molar refractivity (Wildman–Crippen MR) is 80.5 cm³/mol. The number of anilines is 1. The number of hydrogen-bond acceptors (Lipinski definition) is 5. The average Bonchev–Trinajstić information content (AvgIpc) is 2.46. The molecule has 1 aliphatic heterocycles. The third kappa shape index (κ3) is 3.60. The Labute approximate surface area is 123 Å². The van der Waals surface area contributed by atoms with E-state index in [9.17, 15) is 13.2 Å². The molecule has 0 aromatic heterocycles. The summed E-state index contributed by atoms with van der Waals surface area (Å²) in [5, 5.41) is 13.5. The molecule has 1 heterocycles. The zero-order valence-electron chi connectivity index (χ0n) is 11.7. The molecule has 0 saturated carbocycles. The van der Waals surface area contributed by atoms with Crippen molar-refractivity contribution in [3.8, 4) is 0 Å². The van der Waals surface area contributed by atoms with Gasteiger partial charge in [0.05, 0.1) is 11.5 Å². The zero-order valence-corrected chi connectivity index (χ0v) is 12.6. The predicted octanol–water partition coefficient (Wildman–Crippen LogP) is 1.79. The van der Waals surface area contributed by atoms with Gasteiger partial charge in [0.25, 0.3) is 0 Å². The first-order chi connectivity index (χ1) is 9.94. The molecular weight excluding hydrogens is 292 g/mol. The second-order valence-electron chi connectivity index (χ2n) is 5.11. The summed E-state index contributed by atoms with van der Waals surface area (Å²) < 4.78 is 23.8. The summed E-state index contributed by atoms with van der Waals surface area (Å²) in [4.78, 5) is 12.2. The summed E-state index contributed by atoms with van der Waals surface area (Å²) in [5.41, 5.74) is 1.56. The van der Waals surface area contributed by atoms with Crippen LogP contribution >= 0.6 is 0 Å². The fourth-order valence-corrected chi connectivity index (χ4v) is 4.15. The number of rotatable bonds is 3. The monoisotopic (exact) mass is 310 g/mol. The van der Waals surface area contributed by atoms with Crippen LogP contribution < -0.4 is 5.32 Å². The zero-order chi connectivity index (χ0) is 15.5. The molecule has 2 N–H and O–H groups in total. The van der Waals surface area contributed by atoms with Gasteiger partial charge in [-0.25, -0.2) is 8.42 Å². The topological polar surface area (TPSA) is 95.8 Å². The maximum absolute atomic E-state index is 12.2. The lowest BCUT2D eigenvalue weighted by atomic mass is 10.1. The number of sulfone groups is 1. The van der Waals surface area contributed by atoms with E-state index in [1.807, 2.05) is 0 Å². The normalized spacial score (nSPS) is 21.8. The molecule has 1 fully saturated rings. The molecule has 0 bridgehead atoms. The Morgan fingerprint density at radius 2 is 2.14 bits per heavy atom. The highest BCUT2D eigenvalue weighted by Crippen LogP contribution is 2.21. The number of amides is 1. The highest BCUT2D eigenvalue weighted by atomic mass is 32.2. The number of hydrogen-bond donors (Lipinski definition) is 2. The molecule has 114 valence electrons. The smallest absolute Gasteiger partial charge is 0.242 e. The Bertz CT molecular complexity index is 667. The van der Waals surface area contributed by atoms with Gasteiger partial charge < -0.3 is 10.5 Å². The summed E-state index contributed by atoms with van der Waals surface area (Å²) in [6, 6.07) is 6.75. The van der Waals surface area contributed by atoms with Crippen LogP contribution in [0.3, 0.4) is 0 Å². The lowest BCUT2D eigenvalue weighted by Crippen LogP contribution is -2.39. The van der Waals surface area contributed by atoms with Crippen LogP contribution in [0.1, 0.15) is 31.7 Å². The third-order valence-corrected chi connectivity index (χ3v) is 5.74. The van der Waals surface area contributed by atoms with Gasteiger partial charge in [-0.1, -0.05) is 23.7 Å². The average molecular weight is 310 g/mol. The van der Waals surface area contributed by atoms with E-state index < -0.39 is 21.0 Å². The fraction of sp³-hybridized carbons (Fsp3) is 0.429. The minimum atomic E-state index is -3.35. The molecular formula is C14H18N2O4S. The van der Waals surface area contributed by atoms with Gasteiger partial charge in [-0.05, 0) is 31.9 Å². The first kappa shape index (κ1) is 15.5. The van der Waals surface area contributed by atoms with E-state index in [4.69, 9.17) is 5.21 Å². The van der Waals surface area contributed by atoms with Crippen molar-refractivity contribution in [2.45, 2.75) is 31.4 Å². The van der Waals surface area contributed by atoms with Gasteiger partial charge in [0.2, 0.25) is 5.91 Å². The molecule has 0 radical (unpaired) electrons. The second-order valence-corrected chi connectivity index (χ2v) is 7.41.